The Balaban J connectivity index is 2.00. The second-order valence-electron chi connectivity index (χ2n) is 6.05. The molecule has 0 spiro atoms. The molecule has 9 nitrogen and oxygen atoms in total. The molecule has 0 aliphatic heterocycles. The normalized spacial score (nSPS) is 10.5. The van der Waals surface area contributed by atoms with Crippen LogP contribution in [0.1, 0.15) is 5.56 Å². The van der Waals surface area contributed by atoms with Crippen molar-refractivity contribution in [2.45, 2.75) is 6.54 Å². The van der Waals surface area contributed by atoms with Gasteiger partial charge in [0.2, 0.25) is 5.91 Å². The summed E-state index contributed by atoms with van der Waals surface area (Å²) in [6.45, 7) is 0.639. The summed E-state index contributed by atoms with van der Waals surface area (Å²) >= 11 is 0. The molecule has 0 saturated carbocycles. The molecular weight excluding hydrogens is 366 g/mol. The van der Waals surface area contributed by atoms with E-state index in [0.29, 0.717) is 23.7 Å². The van der Waals surface area contributed by atoms with Crippen molar-refractivity contribution in [3.8, 4) is 17.2 Å². The third-order valence-electron chi connectivity index (χ3n) is 3.98. The zero-order chi connectivity index (χ0) is 20.7. The molecule has 2 aromatic carbocycles. The lowest BCUT2D eigenvalue weighted by molar-refractivity contribution is -0.384. The van der Waals surface area contributed by atoms with Gasteiger partial charge in [0.1, 0.15) is 5.75 Å². The van der Waals surface area contributed by atoms with Crippen molar-refractivity contribution in [1.82, 2.24) is 4.90 Å². The maximum atomic E-state index is 12.3. The van der Waals surface area contributed by atoms with Crippen LogP contribution >= 0.6 is 0 Å². The number of nitro benzene ring substituents is 1. The summed E-state index contributed by atoms with van der Waals surface area (Å²) in [5.41, 5.74) is 1.22. The molecule has 0 atom stereocenters. The van der Waals surface area contributed by atoms with E-state index in [-0.39, 0.29) is 23.9 Å². The van der Waals surface area contributed by atoms with E-state index >= 15 is 0 Å². The van der Waals surface area contributed by atoms with Gasteiger partial charge in [-0.1, -0.05) is 6.07 Å². The smallest absolute Gasteiger partial charge is 0.273 e. The number of carbonyl (C=O) groups excluding carboxylic acids is 1. The Bertz CT molecular complexity index is 856. The second kappa shape index (κ2) is 9.56. The number of hydrogen-bond acceptors (Lipinski definition) is 7. The van der Waals surface area contributed by atoms with Crippen LogP contribution in [-0.4, -0.2) is 50.7 Å². The zero-order valence-corrected chi connectivity index (χ0v) is 16.2. The number of hydrogen-bond donors (Lipinski definition) is 1. The number of methoxy groups -OCH3 is 3. The van der Waals surface area contributed by atoms with Gasteiger partial charge >= 0.3 is 0 Å². The van der Waals surface area contributed by atoms with Crippen molar-refractivity contribution in [3.63, 3.8) is 0 Å². The molecule has 9 heteroatoms. The molecule has 0 aliphatic carbocycles. The van der Waals surface area contributed by atoms with Crippen molar-refractivity contribution < 1.29 is 23.9 Å². The molecule has 28 heavy (non-hydrogen) atoms. The fourth-order valence-corrected chi connectivity index (χ4v) is 2.68. The van der Waals surface area contributed by atoms with Crippen LogP contribution in [0, 0.1) is 10.1 Å². The molecule has 1 N–H and O–H groups in total. The monoisotopic (exact) mass is 389 g/mol. The second-order valence-corrected chi connectivity index (χ2v) is 6.05. The minimum absolute atomic E-state index is 0.111. The van der Waals surface area contributed by atoms with Gasteiger partial charge in [0, 0.05) is 12.6 Å². The van der Waals surface area contributed by atoms with E-state index in [1.165, 1.54) is 25.3 Å². The summed E-state index contributed by atoms with van der Waals surface area (Å²) in [6.07, 6.45) is 0. The first-order chi connectivity index (χ1) is 13.4. The van der Waals surface area contributed by atoms with E-state index in [9.17, 15) is 14.9 Å². The quantitative estimate of drug-likeness (QED) is 0.519. The first-order valence-corrected chi connectivity index (χ1v) is 8.39. The SMILES string of the molecule is COc1cc([N+](=O)[O-])ccc1NC(=O)CN(C)Cc1ccc(OC)c(OC)c1. The lowest BCUT2D eigenvalue weighted by atomic mass is 10.2. The molecule has 2 aromatic rings. The number of ether oxygens (including phenoxy) is 3. The third kappa shape index (κ3) is 5.34. The summed E-state index contributed by atoms with van der Waals surface area (Å²) in [5, 5.41) is 13.6. The van der Waals surface area contributed by atoms with Crippen LogP contribution in [0.15, 0.2) is 36.4 Å². The van der Waals surface area contributed by atoms with Gasteiger partial charge < -0.3 is 19.5 Å². The van der Waals surface area contributed by atoms with E-state index in [0.717, 1.165) is 5.56 Å². The van der Waals surface area contributed by atoms with Gasteiger partial charge in [0.05, 0.1) is 44.6 Å². The summed E-state index contributed by atoms with van der Waals surface area (Å²) in [4.78, 5) is 24.5. The highest BCUT2D eigenvalue weighted by Crippen LogP contribution is 2.29. The molecule has 0 bridgehead atoms. The predicted octanol–water partition coefficient (Wildman–Crippen LogP) is 2.69. The molecule has 2 rings (SSSR count). The van der Waals surface area contributed by atoms with Crippen LogP contribution in [-0.2, 0) is 11.3 Å². The van der Waals surface area contributed by atoms with Crippen LogP contribution in [0.5, 0.6) is 17.2 Å². The van der Waals surface area contributed by atoms with Gasteiger partial charge in [-0.25, -0.2) is 0 Å². The number of nitrogens with one attached hydrogen (secondary N) is 1. The van der Waals surface area contributed by atoms with Crippen molar-refractivity contribution in [2.24, 2.45) is 0 Å². The van der Waals surface area contributed by atoms with E-state index in [1.54, 1.807) is 14.2 Å². The predicted molar refractivity (Wildman–Crippen MR) is 104 cm³/mol. The van der Waals surface area contributed by atoms with Gasteiger partial charge in [-0.15, -0.1) is 0 Å². The molecule has 0 fully saturated rings. The molecule has 1 amide bonds. The summed E-state index contributed by atoms with van der Waals surface area (Å²) in [6, 6.07) is 9.59. The van der Waals surface area contributed by atoms with Crippen LogP contribution in [0.4, 0.5) is 11.4 Å². The fourth-order valence-electron chi connectivity index (χ4n) is 2.68. The standard InChI is InChI=1S/C19H23N3O6/c1-21(11-13-5-8-16(26-2)18(9-13)28-4)12-19(23)20-15-7-6-14(22(24)25)10-17(15)27-3/h5-10H,11-12H2,1-4H3,(H,20,23). The number of carbonyl (C=O) groups is 1. The van der Waals surface area contributed by atoms with E-state index < -0.39 is 4.92 Å². The summed E-state index contributed by atoms with van der Waals surface area (Å²) < 4.78 is 15.6. The van der Waals surface area contributed by atoms with Crippen molar-refractivity contribution >= 4 is 17.3 Å². The Labute approximate surface area is 163 Å². The number of likely N-dealkylation sites (N-methyl/N-ethyl adjacent to an activating group) is 1. The number of nitro groups is 1. The maximum Gasteiger partial charge on any atom is 0.273 e. The molecule has 0 aromatic heterocycles. The molecule has 0 radical (unpaired) electrons. The lowest BCUT2D eigenvalue weighted by Crippen LogP contribution is -2.30. The van der Waals surface area contributed by atoms with Gasteiger partial charge in [0.25, 0.3) is 5.69 Å². The van der Waals surface area contributed by atoms with Crippen molar-refractivity contribution in [1.29, 1.82) is 0 Å². The molecule has 0 heterocycles. The number of rotatable bonds is 9. The highest BCUT2D eigenvalue weighted by Gasteiger charge is 2.15. The Morgan fingerprint density at radius 1 is 1.04 bits per heavy atom. The topological polar surface area (TPSA) is 103 Å². The number of benzene rings is 2. The Hall–Kier alpha value is -3.33. The first-order valence-electron chi connectivity index (χ1n) is 8.39. The van der Waals surface area contributed by atoms with Gasteiger partial charge in [-0.2, -0.15) is 0 Å². The van der Waals surface area contributed by atoms with E-state index in [2.05, 4.69) is 5.32 Å². The van der Waals surface area contributed by atoms with Gasteiger partial charge in [-0.3, -0.25) is 19.8 Å². The minimum atomic E-state index is -0.523. The summed E-state index contributed by atoms with van der Waals surface area (Å²) in [5.74, 6) is 1.21. The fraction of sp³-hybridized carbons (Fsp3) is 0.316. The molecule has 0 unspecified atom stereocenters. The average molecular weight is 389 g/mol. The first kappa shape index (κ1) is 21.0. The average Bonchev–Trinajstić information content (AvgIpc) is 2.67. The number of amides is 1. The van der Waals surface area contributed by atoms with Crippen LogP contribution < -0.4 is 19.5 Å². The Kier molecular flexibility index (Phi) is 7.16. The van der Waals surface area contributed by atoms with Crippen LogP contribution in [0.3, 0.4) is 0 Å². The van der Waals surface area contributed by atoms with E-state index in [1.807, 2.05) is 30.1 Å². The number of nitrogens with zero attached hydrogens (tertiary/aromatic N) is 2. The maximum absolute atomic E-state index is 12.3. The zero-order valence-electron chi connectivity index (χ0n) is 16.2. The molecular formula is C19H23N3O6. The number of non-ortho nitro benzene ring substituents is 1. The largest absolute Gasteiger partial charge is 0.494 e. The van der Waals surface area contributed by atoms with Crippen LogP contribution in [0.2, 0.25) is 0 Å². The Morgan fingerprint density at radius 3 is 2.32 bits per heavy atom. The summed E-state index contributed by atoms with van der Waals surface area (Å²) in [7, 11) is 6.33. The Morgan fingerprint density at radius 2 is 1.71 bits per heavy atom. The van der Waals surface area contributed by atoms with Crippen molar-refractivity contribution in [2.75, 3.05) is 40.2 Å². The molecule has 0 aliphatic rings. The number of anilines is 1. The van der Waals surface area contributed by atoms with Crippen molar-refractivity contribution in [3.05, 3.63) is 52.1 Å². The van der Waals surface area contributed by atoms with Crippen LogP contribution in [0.25, 0.3) is 0 Å². The van der Waals surface area contributed by atoms with Gasteiger partial charge in [0.15, 0.2) is 11.5 Å². The third-order valence-corrected chi connectivity index (χ3v) is 3.98. The minimum Gasteiger partial charge on any atom is -0.494 e. The molecule has 150 valence electrons. The van der Waals surface area contributed by atoms with Gasteiger partial charge in [-0.05, 0) is 30.8 Å². The highest BCUT2D eigenvalue weighted by atomic mass is 16.6. The molecule has 0 saturated heterocycles. The highest BCUT2D eigenvalue weighted by molar-refractivity contribution is 5.93. The van der Waals surface area contributed by atoms with E-state index in [4.69, 9.17) is 14.2 Å². The lowest BCUT2D eigenvalue weighted by Gasteiger charge is -2.18.